The van der Waals surface area contributed by atoms with Crippen molar-refractivity contribution in [3.05, 3.63) is 34.0 Å². The number of guanidine groups is 1. The van der Waals surface area contributed by atoms with Crippen LogP contribution in [0.3, 0.4) is 0 Å². The van der Waals surface area contributed by atoms with Gasteiger partial charge in [-0.3, -0.25) is 4.99 Å². The molecule has 7 heteroatoms. The van der Waals surface area contributed by atoms with Gasteiger partial charge >= 0.3 is 0 Å². The van der Waals surface area contributed by atoms with Gasteiger partial charge in [-0.05, 0) is 12.1 Å². The van der Waals surface area contributed by atoms with Crippen LogP contribution in [-0.4, -0.2) is 27.8 Å². The molecule has 2 heterocycles. The van der Waals surface area contributed by atoms with E-state index in [2.05, 4.69) is 50.3 Å². The number of aryl methyl sites for hydroxylation is 1. The Morgan fingerprint density at radius 3 is 2.67 bits per heavy atom. The van der Waals surface area contributed by atoms with Crippen molar-refractivity contribution < 1.29 is 0 Å². The Morgan fingerprint density at radius 2 is 2.10 bits per heavy atom. The third-order valence-electron chi connectivity index (χ3n) is 3.10. The van der Waals surface area contributed by atoms with Crippen molar-refractivity contribution in [3.63, 3.8) is 0 Å². The molecule has 0 radical (unpaired) electrons. The molecule has 2 aromatic heterocycles. The fourth-order valence-electron chi connectivity index (χ4n) is 1.81. The van der Waals surface area contributed by atoms with Gasteiger partial charge in [0.2, 0.25) is 0 Å². The first-order valence-corrected chi connectivity index (χ1v) is 7.78. The molecule has 0 aliphatic heterocycles. The van der Waals surface area contributed by atoms with Crippen molar-refractivity contribution in [2.45, 2.75) is 32.9 Å². The second-order valence-electron chi connectivity index (χ2n) is 5.08. The highest BCUT2D eigenvalue weighted by molar-refractivity contribution is 7.11. The minimum absolute atomic E-state index is 0.422. The Balaban J connectivity index is 1.83. The van der Waals surface area contributed by atoms with Crippen LogP contribution < -0.4 is 10.6 Å². The van der Waals surface area contributed by atoms with E-state index >= 15 is 0 Å². The van der Waals surface area contributed by atoms with Crippen molar-refractivity contribution in [2.24, 2.45) is 12.0 Å². The summed E-state index contributed by atoms with van der Waals surface area (Å²) in [6.07, 6.45) is 2.03. The van der Waals surface area contributed by atoms with Crippen LogP contribution in [0.4, 0.5) is 0 Å². The van der Waals surface area contributed by atoms with E-state index in [9.17, 15) is 0 Å². The highest BCUT2D eigenvalue weighted by Gasteiger charge is 2.08. The average Bonchev–Trinajstić information content (AvgIpc) is 3.08. The first-order chi connectivity index (χ1) is 10.1. The van der Waals surface area contributed by atoms with Gasteiger partial charge in [0.1, 0.15) is 10.0 Å². The lowest BCUT2D eigenvalue weighted by Gasteiger charge is -2.11. The molecule has 0 saturated heterocycles. The number of aliphatic imine (C=N–C) groups is 1. The van der Waals surface area contributed by atoms with Gasteiger partial charge in [0, 0.05) is 31.9 Å². The first kappa shape index (κ1) is 15.5. The van der Waals surface area contributed by atoms with E-state index in [0.717, 1.165) is 22.5 Å². The number of aromatic nitrogens is 3. The third-order valence-corrected chi connectivity index (χ3v) is 4.32. The topological polar surface area (TPSA) is 67.1 Å². The van der Waals surface area contributed by atoms with E-state index in [1.54, 1.807) is 18.4 Å². The van der Waals surface area contributed by atoms with Crippen LogP contribution in [0.25, 0.3) is 0 Å². The zero-order chi connectivity index (χ0) is 15.2. The van der Waals surface area contributed by atoms with E-state index in [-0.39, 0.29) is 0 Å². The molecule has 21 heavy (non-hydrogen) atoms. The Labute approximate surface area is 129 Å². The lowest BCUT2D eigenvalue weighted by Crippen LogP contribution is -2.36. The van der Waals surface area contributed by atoms with Crippen LogP contribution in [0, 0.1) is 0 Å². The SMILES string of the molecule is CN=C(NCc1nnc(C(C)C)s1)NCc1cccn1C. The predicted octanol–water partition coefficient (Wildman–Crippen LogP) is 1.87. The maximum Gasteiger partial charge on any atom is 0.191 e. The summed E-state index contributed by atoms with van der Waals surface area (Å²) in [5.41, 5.74) is 1.20. The standard InChI is InChI=1S/C14H22N6S/c1-10(2)13-19-18-12(21-13)9-17-14(15-3)16-8-11-6-5-7-20(11)4/h5-7,10H,8-9H2,1-4H3,(H2,15,16,17). The largest absolute Gasteiger partial charge is 0.353 e. The highest BCUT2D eigenvalue weighted by Crippen LogP contribution is 2.18. The van der Waals surface area contributed by atoms with Crippen LogP contribution >= 0.6 is 11.3 Å². The second kappa shape index (κ2) is 7.21. The zero-order valence-electron chi connectivity index (χ0n) is 12.9. The number of rotatable bonds is 5. The molecule has 0 bridgehead atoms. The average molecular weight is 306 g/mol. The molecule has 0 atom stereocenters. The van der Waals surface area contributed by atoms with E-state index in [4.69, 9.17) is 0 Å². The lowest BCUT2D eigenvalue weighted by atomic mass is 10.2. The molecular weight excluding hydrogens is 284 g/mol. The molecule has 0 fully saturated rings. The Hall–Kier alpha value is -1.89. The van der Waals surface area contributed by atoms with Crippen molar-refractivity contribution in [2.75, 3.05) is 7.05 Å². The monoisotopic (exact) mass is 306 g/mol. The fraction of sp³-hybridized carbons (Fsp3) is 0.500. The summed E-state index contributed by atoms with van der Waals surface area (Å²) in [5, 5.41) is 17.0. The summed E-state index contributed by atoms with van der Waals surface area (Å²) in [7, 11) is 3.79. The molecule has 0 aliphatic carbocycles. The van der Waals surface area contributed by atoms with Gasteiger partial charge in [0.25, 0.3) is 0 Å². The summed E-state index contributed by atoms with van der Waals surface area (Å²) in [6.45, 7) is 5.61. The number of nitrogens with one attached hydrogen (secondary N) is 2. The summed E-state index contributed by atoms with van der Waals surface area (Å²) >= 11 is 1.64. The van der Waals surface area contributed by atoms with Crippen LogP contribution in [0.5, 0.6) is 0 Å². The van der Waals surface area contributed by atoms with E-state index < -0.39 is 0 Å². The quantitative estimate of drug-likeness (QED) is 0.654. The molecule has 0 unspecified atom stereocenters. The Bertz CT molecular complexity index is 598. The molecule has 0 aromatic carbocycles. The minimum atomic E-state index is 0.422. The van der Waals surface area contributed by atoms with Crippen LogP contribution in [0.2, 0.25) is 0 Å². The molecule has 0 amide bonds. The van der Waals surface area contributed by atoms with Crippen molar-refractivity contribution >= 4 is 17.3 Å². The van der Waals surface area contributed by atoms with E-state index in [1.165, 1.54) is 5.69 Å². The molecular formula is C14H22N6S. The maximum atomic E-state index is 4.22. The van der Waals surface area contributed by atoms with Gasteiger partial charge in [-0.2, -0.15) is 0 Å². The fourth-order valence-corrected chi connectivity index (χ4v) is 2.59. The van der Waals surface area contributed by atoms with Gasteiger partial charge in [-0.1, -0.05) is 25.2 Å². The Morgan fingerprint density at radius 1 is 1.33 bits per heavy atom. The smallest absolute Gasteiger partial charge is 0.191 e. The molecule has 0 saturated carbocycles. The minimum Gasteiger partial charge on any atom is -0.353 e. The van der Waals surface area contributed by atoms with E-state index in [1.807, 2.05) is 19.3 Å². The van der Waals surface area contributed by atoms with E-state index in [0.29, 0.717) is 12.5 Å². The lowest BCUT2D eigenvalue weighted by molar-refractivity contribution is 0.745. The molecule has 0 aliphatic rings. The summed E-state index contributed by atoms with van der Waals surface area (Å²) < 4.78 is 2.08. The zero-order valence-corrected chi connectivity index (χ0v) is 13.7. The molecule has 2 N–H and O–H groups in total. The van der Waals surface area contributed by atoms with Gasteiger partial charge in [-0.15, -0.1) is 10.2 Å². The molecule has 114 valence electrons. The summed E-state index contributed by atoms with van der Waals surface area (Å²) in [5.74, 6) is 1.18. The van der Waals surface area contributed by atoms with Gasteiger partial charge < -0.3 is 15.2 Å². The predicted molar refractivity (Wildman–Crippen MR) is 86.4 cm³/mol. The Kier molecular flexibility index (Phi) is 5.32. The second-order valence-corrected chi connectivity index (χ2v) is 6.17. The molecule has 0 spiro atoms. The van der Waals surface area contributed by atoms with Gasteiger partial charge in [0.15, 0.2) is 5.96 Å². The summed E-state index contributed by atoms with van der Waals surface area (Å²) in [4.78, 5) is 4.22. The molecule has 6 nitrogen and oxygen atoms in total. The summed E-state index contributed by atoms with van der Waals surface area (Å²) in [6, 6.07) is 4.11. The molecule has 2 aromatic rings. The normalized spacial score (nSPS) is 12.0. The maximum absolute atomic E-state index is 4.22. The van der Waals surface area contributed by atoms with Crippen molar-refractivity contribution in [1.29, 1.82) is 0 Å². The number of hydrogen-bond donors (Lipinski definition) is 2. The van der Waals surface area contributed by atoms with Gasteiger partial charge in [-0.25, -0.2) is 0 Å². The first-order valence-electron chi connectivity index (χ1n) is 6.97. The van der Waals surface area contributed by atoms with Crippen LogP contribution in [-0.2, 0) is 20.1 Å². The van der Waals surface area contributed by atoms with Crippen LogP contribution in [0.15, 0.2) is 23.3 Å². The van der Waals surface area contributed by atoms with Crippen LogP contribution in [0.1, 0.15) is 35.5 Å². The van der Waals surface area contributed by atoms with Crippen molar-refractivity contribution in [3.8, 4) is 0 Å². The van der Waals surface area contributed by atoms with Gasteiger partial charge in [0.05, 0.1) is 13.1 Å². The van der Waals surface area contributed by atoms with Crippen molar-refractivity contribution in [1.82, 2.24) is 25.4 Å². The number of nitrogens with zero attached hydrogens (tertiary/aromatic N) is 4. The highest BCUT2D eigenvalue weighted by atomic mass is 32.1. The molecule has 2 rings (SSSR count). The number of hydrogen-bond acceptors (Lipinski definition) is 4. The third kappa shape index (κ3) is 4.29.